The average Bonchev–Trinajstić information content (AvgIpc) is 3.51. The number of fused-ring (bicyclic) bond motifs is 7. The Morgan fingerprint density at radius 2 is 1.69 bits per heavy atom. The summed E-state index contributed by atoms with van der Waals surface area (Å²) in [7, 11) is 0. The summed E-state index contributed by atoms with van der Waals surface area (Å²) in [6.45, 7) is 17.0. The first kappa shape index (κ1) is 33.4. The van der Waals surface area contributed by atoms with E-state index in [-0.39, 0.29) is 57.4 Å². The fourth-order valence-electron chi connectivity index (χ4n) is 12.1. The Balaban J connectivity index is 1.15. The Hall–Kier alpha value is -3.07. The minimum absolute atomic E-state index is 0.0123. The molecule has 8 atom stereocenters. The van der Waals surface area contributed by atoms with Gasteiger partial charge in [0.2, 0.25) is 0 Å². The van der Waals surface area contributed by atoms with Gasteiger partial charge in [-0.3, -0.25) is 14.9 Å². The van der Waals surface area contributed by atoms with Crippen LogP contribution < -0.4 is 0 Å². The van der Waals surface area contributed by atoms with E-state index >= 15 is 0 Å². The molecule has 2 aromatic rings. The number of carbonyl (C=O) groups excluding carboxylic acids is 1. The molecule has 9 nitrogen and oxygen atoms in total. The van der Waals surface area contributed by atoms with Gasteiger partial charge in [0.1, 0.15) is 12.3 Å². The number of benzene rings is 1. The Morgan fingerprint density at radius 3 is 2.40 bits per heavy atom. The minimum Gasteiger partial charge on any atom is -0.459 e. The molecular weight excluding hydrogens is 604 g/mol. The highest BCUT2D eigenvalue weighted by Crippen LogP contribution is 2.75. The summed E-state index contributed by atoms with van der Waals surface area (Å²) in [5.74, 6) is 1.10. The van der Waals surface area contributed by atoms with Crippen LogP contribution in [0.25, 0.3) is 5.69 Å². The first-order chi connectivity index (χ1) is 22.5. The molecule has 4 fully saturated rings. The molecule has 5 aliphatic rings. The topological polar surface area (TPSA) is 120 Å². The molecule has 1 aromatic carbocycles. The lowest BCUT2D eigenvalue weighted by Crippen LogP contribution is -2.65. The predicted octanol–water partition coefficient (Wildman–Crippen LogP) is 8.38. The van der Waals surface area contributed by atoms with E-state index in [9.17, 15) is 20.0 Å². The van der Waals surface area contributed by atoms with Crippen LogP contribution in [0.5, 0.6) is 0 Å². The van der Waals surface area contributed by atoms with Gasteiger partial charge >= 0.3 is 5.97 Å². The molecule has 0 radical (unpaired) electrons. The molecule has 9 heteroatoms. The number of hydrogen-bond acceptors (Lipinski definition) is 7. The van der Waals surface area contributed by atoms with Crippen molar-refractivity contribution in [3.8, 4) is 5.69 Å². The van der Waals surface area contributed by atoms with Gasteiger partial charge in [-0.25, -0.2) is 4.68 Å². The number of non-ortho nitro benzene ring substituents is 1. The molecule has 1 N–H and O–H groups in total. The van der Waals surface area contributed by atoms with Gasteiger partial charge in [-0.2, -0.15) is 0 Å². The lowest BCUT2D eigenvalue weighted by atomic mass is 9.33. The summed E-state index contributed by atoms with van der Waals surface area (Å²) < 4.78 is 7.72. The number of nitro groups is 1. The monoisotopic (exact) mass is 658 g/mol. The zero-order chi connectivity index (χ0) is 34.5. The van der Waals surface area contributed by atoms with E-state index < -0.39 is 10.3 Å². The summed E-state index contributed by atoms with van der Waals surface area (Å²) in [5, 5.41) is 30.5. The normalized spacial score (nSPS) is 39.5. The second-order valence-corrected chi connectivity index (χ2v) is 18.3. The fraction of sp³-hybridized carbons (Fsp3) is 0.718. The number of hydrogen-bond donors (Lipinski definition) is 1. The molecule has 5 aliphatic carbocycles. The number of ether oxygens (including phenoxy) is 1. The Bertz CT molecular complexity index is 1650. The molecule has 1 aromatic heterocycles. The van der Waals surface area contributed by atoms with Crippen molar-refractivity contribution >= 4 is 11.7 Å². The average molecular weight is 659 g/mol. The minimum atomic E-state index is -0.545. The Labute approximate surface area is 285 Å². The van der Waals surface area contributed by atoms with Gasteiger partial charge < -0.3 is 9.84 Å². The van der Waals surface area contributed by atoms with Gasteiger partial charge in [0.05, 0.1) is 28.3 Å². The van der Waals surface area contributed by atoms with Crippen LogP contribution in [-0.4, -0.2) is 37.1 Å². The molecule has 7 rings (SSSR count). The largest absolute Gasteiger partial charge is 0.459 e. The van der Waals surface area contributed by atoms with Crippen molar-refractivity contribution in [3.63, 3.8) is 0 Å². The fourth-order valence-corrected chi connectivity index (χ4v) is 12.1. The Morgan fingerprint density at radius 1 is 0.979 bits per heavy atom. The van der Waals surface area contributed by atoms with Gasteiger partial charge in [0, 0.05) is 12.1 Å². The van der Waals surface area contributed by atoms with E-state index in [1.165, 1.54) is 24.1 Å². The third-order valence-electron chi connectivity index (χ3n) is 15.2. The second-order valence-electron chi connectivity index (χ2n) is 18.3. The molecule has 0 saturated heterocycles. The van der Waals surface area contributed by atoms with Crippen LogP contribution >= 0.6 is 0 Å². The quantitative estimate of drug-likeness (QED) is 0.148. The van der Waals surface area contributed by atoms with Crippen molar-refractivity contribution in [3.05, 3.63) is 57.9 Å². The zero-order valence-electron chi connectivity index (χ0n) is 29.9. The zero-order valence-corrected chi connectivity index (χ0v) is 29.9. The number of esters is 1. The van der Waals surface area contributed by atoms with E-state index in [4.69, 9.17) is 4.74 Å². The summed E-state index contributed by atoms with van der Waals surface area (Å²) in [6.07, 6.45) is 14.0. The van der Waals surface area contributed by atoms with E-state index in [1.807, 2.05) is 0 Å². The van der Waals surface area contributed by atoms with Crippen LogP contribution in [0.2, 0.25) is 0 Å². The molecule has 0 spiro atoms. The van der Waals surface area contributed by atoms with Crippen LogP contribution in [0.3, 0.4) is 0 Å². The third-order valence-corrected chi connectivity index (χ3v) is 15.2. The number of aliphatic hydroxyl groups excluding tert-OH is 1. The van der Waals surface area contributed by atoms with E-state index in [2.05, 4.69) is 64.9 Å². The van der Waals surface area contributed by atoms with Gasteiger partial charge in [0.25, 0.3) is 5.69 Å². The molecule has 0 unspecified atom stereocenters. The van der Waals surface area contributed by atoms with Crippen molar-refractivity contribution in [1.29, 1.82) is 0 Å². The summed E-state index contributed by atoms with van der Waals surface area (Å²) in [6, 6.07) is 6.13. The van der Waals surface area contributed by atoms with Gasteiger partial charge in [-0.15, -0.1) is 5.10 Å². The number of nitrogens with zero attached hydrogens (tertiary/aromatic N) is 4. The molecule has 48 heavy (non-hydrogen) atoms. The van der Waals surface area contributed by atoms with Crippen LogP contribution in [0.15, 0.2) is 42.1 Å². The molecule has 0 aliphatic heterocycles. The lowest BCUT2D eigenvalue weighted by molar-refractivity contribution is -0.384. The maximum atomic E-state index is 14.4. The van der Waals surface area contributed by atoms with E-state index in [0.29, 0.717) is 23.2 Å². The van der Waals surface area contributed by atoms with Gasteiger partial charge in [-0.1, -0.05) is 65.3 Å². The molecule has 0 bridgehead atoms. The summed E-state index contributed by atoms with van der Waals surface area (Å²) in [4.78, 5) is 25.0. The lowest BCUT2D eigenvalue weighted by Gasteiger charge is -2.71. The highest BCUT2D eigenvalue weighted by molar-refractivity contribution is 5.78. The first-order valence-corrected chi connectivity index (χ1v) is 18.2. The van der Waals surface area contributed by atoms with Crippen LogP contribution in [0, 0.1) is 60.4 Å². The van der Waals surface area contributed by atoms with Crippen LogP contribution in [-0.2, 0) is 16.1 Å². The molecule has 1 heterocycles. The Kier molecular flexibility index (Phi) is 7.64. The van der Waals surface area contributed by atoms with Crippen LogP contribution in [0.1, 0.15) is 118 Å². The summed E-state index contributed by atoms with van der Waals surface area (Å²) in [5.41, 5.74) is 2.58. The number of aromatic nitrogens is 3. The van der Waals surface area contributed by atoms with E-state index in [1.54, 1.807) is 23.0 Å². The maximum absolute atomic E-state index is 14.4. The highest BCUT2D eigenvalue weighted by atomic mass is 16.6. The number of carbonyl (C=O) groups is 1. The molecule has 4 saturated carbocycles. The van der Waals surface area contributed by atoms with Crippen LogP contribution in [0.4, 0.5) is 5.69 Å². The number of allylic oxidation sites excluding steroid dienone is 2. The molecule has 260 valence electrons. The predicted molar refractivity (Wildman–Crippen MR) is 183 cm³/mol. The van der Waals surface area contributed by atoms with Gasteiger partial charge in [-0.05, 0) is 121 Å². The number of nitro benzene ring substituents is 1. The SMILES string of the molecule is CC1(C)CC[C@]2(C(=O)OCc3cn(-c4ccc([N+](=O)[O-])cc4)nn3)CC[C@]3(C)C(=CC[C@@H]4[C@@]5(C)CC[C@H](O)C(C)(C)[C@@H]5CC[C@]43C)[C@@H]2C1. The molecular formula is C39H54N4O5. The smallest absolute Gasteiger partial charge is 0.313 e. The van der Waals surface area contributed by atoms with Crippen molar-refractivity contribution in [1.82, 2.24) is 15.0 Å². The van der Waals surface area contributed by atoms with Crippen molar-refractivity contribution in [2.75, 3.05) is 0 Å². The van der Waals surface area contributed by atoms with Crippen molar-refractivity contribution < 1.29 is 19.6 Å². The maximum Gasteiger partial charge on any atom is 0.313 e. The number of aliphatic hydroxyl groups is 1. The van der Waals surface area contributed by atoms with E-state index in [0.717, 1.165) is 57.8 Å². The van der Waals surface area contributed by atoms with Crippen molar-refractivity contribution in [2.24, 2.45) is 50.2 Å². The molecule has 0 amide bonds. The standard InChI is InChI=1S/C39H54N4O5/c1-34(2)18-20-39(33(45)48-24-25-23-42(41-40-25)26-8-10-27(11-9-26)43(46)47)21-19-37(6)28(29(39)22-34)12-13-31-36(5)16-15-32(44)35(3,4)30(36)14-17-38(31,37)7/h8-12,23,29-32,44H,13-22,24H2,1-7H3/t29-,30-,31+,32-,36-,37+,38+,39-/m0/s1. The first-order valence-electron chi connectivity index (χ1n) is 18.2. The third kappa shape index (κ3) is 4.76. The van der Waals surface area contributed by atoms with Gasteiger partial charge in [0.15, 0.2) is 0 Å². The highest BCUT2D eigenvalue weighted by Gasteiger charge is 2.69. The van der Waals surface area contributed by atoms with Crippen molar-refractivity contribution in [2.45, 2.75) is 125 Å². The second kappa shape index (κ2) is 11.0. The summed E-state index contributed by atoms with van der Waals surface area (Å²) >= 11 is 0. The number of rotatable bonds is 5.